The summed E-state index contributed by atoms with van der Waals surface area (Å²) in [5.74, 6) is 1.66. The van der Waals surface area contributed by atoms with Gasteiger partial charge in [-0.05, 0) is 62.6 Å². The first-order valence-corrected chi connectivity index (χ1v) is 10.6. The second kappa shape index (κ2) is 11.2. The van der Waals surface area contributed by atoms with Gasteiger partial charge < -0.3 is 19.7 Å². The van der Waals surface area contributed by atoms with Gasteiger partial charge in [0.1, 0.15) is 11.5 Å². The Hall–Kier alpha value is -3.02. The number of hydrogen-bond acceptors (Lipinski definition) is 4. The molecule has 0 unspecified atom stereocenters. The minimum absolute atomic E-state index is 0.0825. The first-order valence-electron chi connectivity index (χ1n) is 10.6. The molecule has 1 heterocycles. The molecule has 2 aromatic carbocycles. The van der Waals surface area contributed by atoms with Crippen molar-refractivity contribution in [2.45, 2.75) is 38.6 Å². The third kappa shape index (κ3) is 6.51. The van der Waals surface area contributed by atoms with Crippen LogP contribution in [0.25, 0.3) is 0 Å². The number of rotatable bonds is 9. The van der Waals surface area contributed by atoms with E-state index in [1.165, 1.54) is 0 Å². The largest absolute Gasteiger partial charge is 0.494 e. The molecule has 160 valence electrons. The molecule has 6 heteroatoms. The molecule has 0 spiro atoms. The SMILES string of the molecule is CCOc1ccc(C(=O)NC2CCN(C(=O)CCCOc3ccccc3)CC2)cc1. The molecule has 0 atom stereocenters. The highest BCUT2D eigenvalue weighted by Gasteiger charge is 2.23. The van der Waals surface area contributed by atoms with E-state index in [1.807, 2.05) is 42.2 Å². The minimum atomic E-state index is -0.0825. The summed E-state index contributed by atoms with van der Waals surface area (Å²) in [7, 11) is 0. The fourth-order valence-corrected chi connectivity index (χ4v) is 3.50. The molecular formula is C24H30N2O4. The van der Waals surface area contributed by atoms with Crippen molar-refractivity contribution in [3.63, 3.8) is 0 Å². The highest BCUT2D eigenvalue weighted by Crippen LogP contribution is 2.16. The molecule has 2 amide bonds. The first-order chi connectivity index (χ1) is 14.7. The Kier molecular flexibility index (Phi) is 8.12. The van der Waals surface area contributed by atoms with E-state index >= 15 is 0 Å². The zero-order valence-corrected chi connectivity index (χ0v) is 17.5. The number of piperidine rings is 1. The van der Waals surface area contributed by atoms with Crippen LogP contribution in [0.15, 0.2) is 54.6 Å². The van der Waals surface area contributed by atoms with Gasteiger partial charge >= 0.3 is 0 Å². The van der Waals surface area contributed by atoms with Crippen molar-refractivity contribution in [3.8, 4) is 11.5 Å². The molecule has 0 bridgehead atoms. The van der Waals surface area contributed by atoms with Crippen molar-refractivity contribution in [2.24, 2.45) is 0 Å². The van der Waals surface area contributed by atoms with Crippen LogP contribution in [0.4, 0.5) is 0 Å². The monoisotopic (exact) mass is 410 g/mol. The minimum Gasteiger partial charge on any atom is -0.494 e. The molecule has 6 nitrogen and oxygen atoms in total. The number of hydrogen-bond donors (Lipinski definition) is 1. The van der Waals surface area contributed by atoms with Crippen LogP contribution in [0.3, 0.4) is 0 Å². The van der Waals surface area contributed by atoms with Crippen molar-refractivity contribution in [1.29, 1.82) is 0 Å². The lowest BCUT2D eigenvalue weighted by Crippen LogP contribution is -2.46. The predicted molar refractivity (Wildman–Crippen MR) is 116 cm³/mol. The van der Waals surface area contributed by atoms with Gasteiger partial charge in [-0.25, -0.2) is 0 Å². The highest BCUT2D eigenvalue weighted by molar-refractivity contribution is 5.94. The van der Waals surface area contributed by atoms with E-state index in [4.69, 9.17) is 9.47 Å². The van der Waals surface area contributed by atoms with Gasteiger partial charge in [0, 0.05) is 31.1 Å². The predicted octanol–water partition coefficient (Wildman–Crippen LogP) is 3.67. The van der Waals surface area contributed by atoms with Crippen LogP contribution in [-0.4, -0.2) is 49.1 Å². The molecule has 1 aliphatic rings. The summed E-state index contributed by atoms with van der Waals surface area (Å²) < 4.78 is 11.0. The standard InChI is InChI=1S/C24H30N2O4/c1-2-29-22-12-10-19(11-13-22)24(28)25-20-14-16-26(17-15-20)23(27)9-6-18-30-21-7-4-3-5-8-21/h3-5,7-8,10-13,20H,2,6,9,14-18H2,1H3,(H,25,28). The van der Waals surface area contributed by atoms with Gasteiger partial charge in [-0.3, -0.25) is 9.59 Å². The van der Waals surface area contributed by atoms with E-state index in [0.29, 0.717) is 44.7 Å². The summed E-state index contributed by atoms with van der Waals surface area (Å²) in [5, 5.41) is 3.08. The molecular weight excluding hydrogens is 380 g/mol. The zero-order valence-electron chi connectivity index (χ0n) is 17.5. The number of para-hydroxylation sites is 1. The van der Waals surface area contributed by atoms with Crippen molar-refractivity contribution in [3.05, 3.63) is 60.2 Å². The van der Waals surface area contributed by atoms with E-state index in [1.54, 1.807) is 24.3 Å². The molecule has 1 saturated heterocycles. The van der Waals surface area contributed by atoms with Gasteiger partial charge in [0.25, 0.3) is 5.91 Å². The fourth-order valence-electron chi connectivity index (χ4n) is 3.50. The second-order valence-electron chi connectivity index (χ2n) is 7.35. The maximum absolute atomic E-state index is 12.4. The number of amides is 2. The Balaban J connectivity index is 1.34. The topological polar surface area (TPSA) is 67.9 Å². The van der Waals surface area contributed by atoms with Crippen LogP contribution < -0.4 is 14.8 Å². The number of carbonyl (C=O) groups is 2. The van der Waals surface area contributed by atoms with Crippen LogP contribution in [0, 0.1) is 0 Å². The number of likely N-dealkylation sites (tertiary alicyclic amines) is 1. The summed E-state index contributed by atoms with van der Waals surface area (Å²) in [6.07, 6.45) is 2.72. The van der Waals surface area contributed by atoms with Crippen molar-refractivity contribution < 1.29 is 19.1 Å². The van der Waals surface area contributed by atoms with Gasteiger partial charge in [0.2, 0.25) is 5.91 Å². The Morgan fingerprint density at radius 3 is 2.30 bits per heavy atom. The summed E-state index contributed by atoms with van der Waals surface area (Å²) in [6.45, 7) is 4.41. The van der Waals surface area contributed by atoms with Gasteiger partial charge in [-0.15, -0.1) is 0 Å². The molecule has 1 fully saturated rings. The van der Waals surface area contributed by atoms with Gasteiger partial charge in [-0.1, -0.05) is 18.2 Å². The van der Waals surface area contributed by atoms with Crippen LogP contribution in [-0.2, 0) is 4.79 Å². The maximum atomic E-state index is 12.4. The molecule has 30 heavy (non-hydrogen) atoms. The number of benzene rings is 2. The summed E-state index contributed by atoms with van der Waals surface area (Å²) in [6, 6.07) is 16.9. The van der Waals surface area contributed by atoms with Crippen molar-refractivity contribution in [2.75, 3.05) is 26.3 Å². The Morgan fingerprint density at radius 1 is 0.967 bits per heavy atom. The average molecular weight is 411 g/mol. The average Bonchev–Trinajstić information content (AvgIpc) is 2.78. The number of carbonyl (C=O) groups excluding carboxylic acids is 2. The lowest BCUT2D eigenvalue weighted by molar-refractivity contribution is -0.132. The molecule has 0 saturated carbocycles. The lowest BCUT2D eigenvalue weighted by Gasteiger charge is -2.32. The van der Waals surface area contributed by atoms with Crippen LogP contribution in [0.2, 0.25) is 0 Å². The molecule has 3 rings (SSSR count). The molecule has 0 aromatic heterocycles. The quantitative estimate of drug-likeness (QED) is 0.641. The third-order valence-corrected chi connectivity index (χ3v) is 5.16. The summed E-state index contributed by atoms with van der Waals surface area (Å²) in [4.78, 5) is 26.7. The zero-order chi connectivity index (χ0) is 21.2. The first kappa shape index (κ1) is 21.7. The molecule has 2 aromatic rings. The van der Waals surface area contributed by atoms with E-state index < -0.39 is 0 Å². The normalized spacial score (nSPS) is 14.2. The number of nitrogens with zero attached hydrogens (tertiary/aromatic N) is 1. The van der Waals surface area contributed by atoms with Crippen LogP contribution in [0.1, 0.15) is 43.0 Å². The van der Waals surface area contributed by atoms with Crippen LogP contribution >= 0.6 is 0 Å². The molecule has 0 aliphatic carbocycles. The smallest absolute Gasteiger partial charge is 0.251 e. The third-order valence-electron chi connectivity index (χ3n) is 5.16. The second-order valence-corrected chi connectivity index (χ2v) is 7.35. The van der Waals surface area contributed by atoms with E-state index in [2.05, 4.69) is 5.32 Å². The van der Waals surface area contributed by atoms with E-state index in [-0.39, 0.29) is 17.9 Å². The van der Waals surface area contributed by atoms with Crippen molar-refractivity contribution in [1.82, 2.24) is 10.2 Å². The fraction of sp³-hybridized carbons (Fsp3) is 0.417. The van der Waals surface area contributed by atoms with Crippen molar-refractivity contribution >= 4 is 11.8 Å². The summed E-state index contributed by atoms with van der Waals surface area (Å²) >= 11 is 0. The molecule has 0 radical (unpaired) electrons. The molecule has 1 aliphatic heterocycles. The van der Waals surface area contributed by atoms with Gasteiger partial charge in [-0.2, -0.15) is 0 Å². The van der Waals surface area contributed by atoms with Gasteiger partial charge in [0.05, 0.1) is 13.2 Å². The summed E-state index contributed by atoms with van der Waals surface area (Å²) in [5.41, 5.74) is 0.621. The lowest BCUT2D eigenvalue weighted by atomic mass is 10.0. The highest BCUT2D eigenvalue weighted by atomic mass is 16.5. The Morgan fingerprint density at radius 2 is 1.63 bits per heavy atom. The van der Waals surface area contributed by atoms with Gasteiger partial charge in [0.15, 0.2) is 0 Å². The van der Waals surface area contributed by atoms with E-state index in [0.717, 1.165) is 24.3 Å². The Labute approximate surface area is 178 Å². The number of ether oxygens (including phenoxy) is 2. The Bertz CT molecular complexity index is 800. The number of nitrogens with one attached hydrogen (secondary N) is 1. The molecule has 1 N–H and O–H groups in total. The van der Waals surface area contributed by atoms with E-state index in [9.17, 15) is 9.59 Å². The van der Waals surface area contributed by atoms with Crippen LogP contribution in [0.5, 0.6) is 11.5 Å². The maximum Gasteiger partial charge on any atom is 0.251 e.